The van der Waals surface area contributed by atoms with Gasteiger partial charge in [0.05, 0.1) is 11.4 Å². The Morgan fingerprint density at radius 1 is 1.00 bits per heavy atom. The van der Waals surface area contributed by atoms with E-state index >= 15 is 0 Å². The average molecular weight is 495 g/mol. The van der Waals surface area contributed by atoms with Crippen molar-refractivity contribution in [1.82, 2.24) is 30.0 Å². The van der Waals surface area contributed by atoms with Gasteiger partial charge in [-0.3, -0.25) is 9.59 Å². The van der Waals surface area contributed by atoms with Crippen LogP contribution in [0.15, 0.2) is 47.6 Å². The maximum Gasteiger partial charge on any atom is 0.267 e. The highest BCUT2D eigenvalue weighted by molar-refractivity contribution is 7.99. The fourth-order valence-corrected chi connectivity index (χ4v) is 4.82. The van der Waals surface area contributed by atoms with Gasteiger partial charge in [-0.1, -0.05) is 30.0 Å². The summed E-state index contributed by atoms with van der Waals surface area (Å²) in [6.07, 6.45) is -0.674. The summed E-state index contributed by atoms with van der Waals surface area (Å²) in [7, 11) is 0. The first kappa shape index (κ1) is 23.2. The van der Waals surface area contributed by atoms with Crippen LogP contribution in [0.3, 0.4) is 0 Å². The number of carbonyl (C=O) groups is 2. The number of tetrazole rings is 1. The molecular formula is C24H26N6O4S. The number of hydrogen-bond acceptors (Lipinski definition) is 8. The minimum atomic E-state index is -0.674. The Labute approximate surface area is 207 Å². The van der Waals surface area contributed by atoms with Gasteiger partial charge in [-0.2, -0.15) is 4.68 Å². The van der Waals surface area contributed by atoms with Crippen LogP contribution in [0.2, 0.25) is 0 Å². The molecule has 1 saturated heterocycles. The summed E-state index contributed by atoms with van der Waals surface area (Å²) < 4.78 is 13.2. The van der Waals surface area contributed by atoms with Crippen molar-refractivity contribution in [2.75, 3.05) is 38.5 Å². The lowest BCUT2D eigenvalue weighted by atomic mass is 10.1. The summed E-state index contributed by atoms with van der Waals surface area (Å²) in [5.74, 6) is 1.31. The standard InChI is InChI=1S/C24H26N6O4S/c1-16-7-8-18(13-17(16)2)30-24(25-26-27-30)35-15-22(31)28-9-11-29(12-10-28)23(32)21-14-33-19-5-3-4-6-20(19)34-21/h3-8,13,21H,9-12,14-15H2,1-2H3/t21-/m1/s1. The minimum Gasteiger partial charge on any atom is -0.485 e. The molecule has 2 aromatic carbocycles. The maximum absolute atomic E-state index is 12.9. The van der Waals surface area contributed by atoms with E-state index in [-0.39, 0.29) is 24.2 Å². The lowest BCUT2D eigenvalue weighted by Gasteiger charge is -2.37. The topological polar surface area (TPSA) is 103 Å². The van der Waals surface area contributed by atoms with Crippen molar-refractivity contribution in [3.05, 3.63) is 53.6 Å². The average Bonchev–Trinajstić information content (AvgIpc) is 3.37. The van der Waals surface area contributed by atoms with E-state index in [2.05, 4.69) is 22.4 Å². The molecule has 10 nitrogen and oxygen atoms in total. The second-order valence-corrected chi connectivity index (χ2v) is 9.44. The largest absolute Gasteiger partial charge is 0.485 e. The third-order valence-corrected chi connectivity index (χ3v) is 7.13. The number of aromatic nitrogens is 4. The van der Waals surface area contributed by atoms with Gasteiger partial charge in [-0.25, -0.2) is 0 Å². The van der Waals surface area contributed by atoms with Crippen LogP contribution in [0.25, 0.3) is 5.69 Å². The number of amides is 2. The van der Waals surface area contributed by atoms with E-state index in [1.807, 2.05) is 43.3 Å². The molecule has 5 rings (SSSR count). The van der Waals surface area contributed by atoms with E-state index in [0.29, 0.717) is 42.8 Å². The first-order chi connectivity index (χ1) is 17.0. The summed E-state index contributed by atoms with van der Waals surface area (Å²) in [6, 6.07) is 13.3. The van der Waals surface area contributed by atoms with E-state index in [1.54, 1.807) is 20.5 Å². The van der Waals surface area contributed by atoms with Gasteiger partial charge in [-0.15, -0.1) is 5.10 Å². The highest BCUT2D eigenvalue weighted by Gasteiger charge is 2.33. The van der Waals surface area contributed by atoms with Crippen molar-refractivity contribution in [2.24, 2.45) is 0 Å². The molecule has 0 spiro atoms. The molecule has 0 saturated carbocycles. The molecule has 0 unspecified atom stereocenters. The fourth-order valence-electron chi connectivity index (χ4n) is 4.03. The Bertz CT molecular complexity index is 1240. The van der Waals surface area contributed by atoms with Crippen LogP contribution in [0.1, 0.15) is 11.1 Å². The van der Waals surface area contributed by atoms with Crippen LogP contribution >= 0.6 is 11.8 Å². The summed E-state index contributed by atoms with van der Waals surface area (Å²) in [6.45, 7) is 6.12. The monoisotopic (exact) mass is 494 g/mol. The third kappa shape index (κ3) is 4.95. The van der Waals surface area contributed by atoms with Crippen LogP contribution in [0.5, 0.6) is 11.5 Å². The Balaban J connectivity index is 1.13. The highest BCUT2D eigenvalue weighted by Crippen LogP contribution is 2.31. The van der Waals surface area contributed by atoms with Crippen molar-refractivity contribution < 1.29 is 19.1 Å². The zero-order chi connectivity index (χ0) is 24.4. The number of ether oxygens (including phenoxy) is 2. The van der Waals surface area contributed by atoms with Crippen LogP contribution in [0.4, 0.5) is 0 Å². The van der Waals surface area contributed by atoms with Crippen LogP contribution in [0, 0.1) is 13.8 Å². The van der Waals surface area contributed by atoms with Gasteiger partial charge >= 0.3 is 0 Å². The van der Waals surface area contributed by atoms with E-state index < -0.39 is 6.10 Å². The van der Waals surface area contributed by atoms with Gasteiger partial charge in [0.1, 0.15) is 6.61 Å². The van der Waals surface area contributed by atoms with Crippen molar-refractivity contribution >= 4 is 23.6 Å². The predicted molar refractivity (Wildman–Crippen MR) is 129 cm³/mol. The summed E-state index contributed by atoms with van der Waals surface area (Å²) >= 11 is 1.30. The number of thioether (sulfide) groups is 1. The maximum atomic E-state index is 12.9. The number of fused-ring (bicyclic) bond motifs is 1. The first-order valence-corrected chi connectivity index (χ1v) is 12.4. The highest BCUT2D eigenvalue weighted by atomic mass is 32.2. The van der Waals surface area contributed by atoms with Crippen molar-refractivity contribution in [2.45, 2.75) is 25.1 Å². The third-order valence-electron chi connectivity index (χ3n) is 6.23. The normalized spacial score (nSPS) is 17.4. The van der Waals surface area contributed by atoms with Gasteiger partial charge in [0.15, 0.2) is 11.5 Å². The summed E-state index contributed by atoms with van der Waals surface area (Å²) in [5, 5.41) is 12.5. The lowest BCUT2D eigenvalue weighted by molar-refractivity contribution is -0.145. The molecule has 0 N–H and O–H groups in total. The smallest absolute Gasteiger partial charge is 0.267 e. The number of rotatable bonds is 5. The van der Waals surface area contributed by atoms with E-state index in [1.165, 1.54) is 17.3 Å². The molecule has 11 heteroatoms. The van der Waals surface area contributed by atoms with Crippen molar-refractivity contribution in [3.8, 4) is 17.2 Å². The Morgan fingerprint density at radius 3 is 2.51 bits per heavy atom. The number of para-hydroxylation sites is 2. The van der Waals surface area contributed by atoms with Crippen LogP contribution < -0.4 is 9.47 Å². The molecule has 0 radical (unpaired) electrons. The molecule has 2 aliphatic rings. The van der Waals surface area contributed by atoms with Crippen LogP contribution in [-0.4, -0.2) is 86.5 Å². The Kier molecular flexibility index (Phi) is 6.58. The van der Waals surface area contributed by atoms with Crippen molar-refractivity contribution in [1.29, 1.82) is 0 Å². The molecule has 0 aliphatic carbocycles. The molecule has 2 amide bonds. The van der Waals surface area contributed by atoms with Gasteiger partial charge in [-0.05, 0) is 59.7 Å². The van der Waals surface area contributed by atoms with Gasteiger partial charge in [0.2, 0.25) is 17.2 Å². The van der Waals surface area contributed by atoms with E-state index in [4.69, 9.17) is 9.47 Å². The minimum absolute atomic E-state index is 0.0112. The summed E-state index contributed by atoms with van der Waals surface area (Å²) in [5.41, 5.74) is 3.19. The molecule has 3 aromatic rings. The fraction of sp³-hybridized carbons (Fsp3) is 0.375. The van der Waals surface area contributed by atoms with Gasteiger partial charge in [0, 0.05) is 26.2 Å². The number of nitrogens with zero attached hydrogens (tertiary/aromatic N) is 6. The number of hydrogen-bond donors (Lipinski definition) is 0. The number of piperazine rings is 1. The van der Waals surface area contributed by atoms with Gasteiger partial charge < -0.3 is 19.3 Å². The predicted octanol–water partition coefficient (Wildman–Crippen LogP) is 1.88. The van der Waals surface area contributed by atoms with E-state index in [9.17, 15) is 9.59 Å². The van der Waals surface area contributed by atoms with Crippen LogP contribution in [-0.2, 0) is 9.59 Å². The first-order valence-electron chi connectivity index (χ1n) is 11.4. The lowest BCUT2D eigenvalue weighted by Crippen LogP contribution is -2.55. The SMILES string of the molecule is Cc1ccc(-n2nnnc2SCC(=O)N2CCN(C(=O)[C@H]3COc4ccccc4O3)CC2)cc1C. The molecule has 35 heavy (non-hydrogen) atoms. The molecular weight excluding hydrogens is 468 g/mol. The van der Waals surface area contributed by atoms with E-state index in [0.717, 1.165) is 11.3 Å². The summed E-state index contributed by atoms with van der Waals surface area (Å²) in [4.78, 5) is 29.3. The second-order valence-electron chi connectivity index (χ2n) is 8.50. The van der Waals surface area contributed by atoms with Crippen molar-refractivity contribution in [3.63, 3.8) is 0 Å². The zero-order valence-corrected chi connectivity index (χ0v) is 20.4. The Morgan fingerprint density at radius 2 is 1.74 bits per heavy atom. The molecule has 1 fully saturated rings. The molecule has 1 aromatic heterocycles. The molecule has 3 heterocycles. The van der Waals surface area contributed by atoms with Gasteiger partial charge in [0.25, 0.3) is 5.91 Å². The number of benzene rings is 2. The molecule has 0 bridgehead atoms. The zero-order valence-electron chi connectivity index (χ0n) is 19.6. The quantitative estimate of drug-likeness (QED) is 0.496. The Hall–Kier alpha value is -3.60. The second kappa shape index (κ2) is 9.95. The molecule has 1 atom stereocenters. The number of carbonyl (C=O) groups excluding carboxylic acids is 2. The molecule has 2 aliphatic heterocycles. The number of aryl methyl sites for hydroxylation is 2. The molecule has 182 valence electrons.